The number of aliphatic hydroxyl groups excluding tert-OH is 1. The molecule has 2 atom stereocenters. The van der Waals surface area contributed by atoms with Gasteiger partial charge < -0.3 is 15.2 Å². The smallest absolute Gasteiger partial charge is 0.222 e. The molecule has 3 rings (SSSR count). The quantitative estimate of drug-likeness (QED) is 0.855. The van der Waals surface area contributed by atoms with Crippen LogP contribution >= 0.6 is 11.6 Å². The topological polar surface area (TPSA) is 70.5 Å². The molecule has 20 heavy (non-hydrogen) atoms. The SMILES string of the molecule is OC[C@]1(CNc2ncc(Cl)cn2)COC[C@@H]2CCCN21. The largest absolute Gasteiger partial charge is 0.394 e. The Morgan fingerprint density at radius 1 is 1.50 bits per heavy atom. The zero-order valence-corrected chi connectivity index (χ0v) is 12.0. The second-order valence-electron chi connectivity index (χ2n) is 5.47. The molecule has 0 radical (unpaired) electrons. The fourth-order valence-corrected chi connectivity index (χ4v) is 3.19. The van der Waals surface area contributed by atoms with Crippen LogP contribution in [0.25, 0.3) is 0 Å². The molecular formula is C13H19ClN4O2. The molecular weight excluding hydrogens is 280 g/mol. The molecule has 0 spiro atoms. The van der Waals surface area contributed by atoms with Crippen LogP contribution in [-0.2, 0) is 4.74 Å². The Kier molecular flexibility index (Phi) is 4.07. The van der Waals surface area contributed by atoms with Gasteiger partial charge in [0.25, 0.3) is 0 Å². The van der Waals surface area contributed by atoms with Crippen LogP contribution in [0.3, 0.4) is 0 Å². The molecule has 3 heterocycles. The maximum atomic E-state index is 9.89. The van der Waals surface area contributed by atoms with Gasteiger partial charge in [-0.15, -0.1) is 0 Å². The summed E-state index contributed by atoms with van der Waals surface area (Å²) in [6.45, 7) is 2.92. The van der Waals surface area contributed by atoms with Crippen molar-refractivity contribution in [3.8, 4) is 0 Å². The molecule has 2 N–H and O–H groups in total. The number of ether oxygens (including phenoxy) is 1. The summed E-state index contributed by atoms with van der Waals surface area (Å²) >= 11 is 5.77. The molecule has 2 aliphatic rings. The summed E-state index contributed by atoms with van der Waals surface area (Å²) in [5, 5.41) is 13.6. The number of nitrogens with one attached hydrogen (secondary N) is 1. The van der Waals surface area contributed by atoms with Gasteiger partial charge in [-0.25, -0.2) is 9.97 Å². The third kappa shape index (κ3) is 2.61. The molecule has 0 aromatic carbocycles. The Morgan fingerprint density at radius 3 is 3.05 bits per heavy atom. The van der Waals surface area contributed by atoms with Crippen molar-refractivity contribution in [3.63, 3.8) is 0 Å². The highest BCUT2D eigenvalue weighted by atomic mass is 35.5. The van der Waals surface area contributed by atoms with E-state index in [0.29, 0.717) is 30.2 Å². The highest BCUT2D eigenvalue weighted by Crippen LogP contribution is 2.31. The molecule has 0 unspecified atom stereocenters. The van der Waals surface area contributed by atoms with Gasteiger partial charge in [-0.3, -0.25) is 4.90 Å². The number of aliphatic hydroxyl groups is 1. The monoisotopic (exact) mass is 298 g/mol. The Balaban J connectivity index is 1.70. The fourth-order valence-electron chi connectivity index (χ4n) is 3.09. The lowest BCUT2D eigenvalue weighted by atomic mass is 9.96. The summed E-state index contributed by atoms with van der Waals surface area (Å²) in [5.74, 6) is 0.517. The molecule has 7 heteroatoms. The van der Waals surface area contributed by atoms with Gasteiger partial charge in [0, 0.05) is 12.6 Å². The van der Waals surface area contributed by atoms with Crippen molar-refractivity contribution < 1.29 is 9.84 Å². The van der Waals surface area contributed by atoms with Gasteiger partial charge in [0.2, 0.25) is 5.95 Å². The second kappa shape index (κ2) is 5.81. The van der Waals surface area contributed by atoms with Crippen molar-refractivity contribution in [2.24, 2.45) is 0 Å². The van der Waals surface area contributed by atoms with E-state index in [1.165, 1.54) is 0 Å². The number of fused-ring (bicyclic) bond motifs is 1. The number of halogens is 1. The van der Waals surface area contributed by atoms with Crippen LogP contribution in [0.2, 0.25) is 5.02 Å². The van der Waals surface area contributed by atoms with Crippen LogP contribution in [0.15, 0.2) is 12.4 Å². The van der Waals surface area contributed by atoms with Crippen LogP contribution in [0.5, 0.6) is 0 Å². The Morgan fingerprint density at radius 2 is 2.30 bits per heavy atom. The molecule has 2 fully saturated rings. The van der Waals surface area contributed by atoms with Crippen molar-refractivity contribution in [1.82, 2.24) is 14.9 Å². The van der Waals surface area contributed by atoms with Crippen molar-refractivity contribution in [3.05, 3.63) is 17.4 Å². The van der Waals surface area contributed by atoms with Crippen molar-refractivity contribution in [2.45, 2.75) is 24.4 Å². The standard InChI is InChI=1S/C13H19ClN4O2/c14-10-4-15-12(16-5-10)17-7-13(8-19)9-20-6-11-2-1-3-18(11)13/h4-5,11,19H,1-3,6-9H2,(H,15,16,17)/t11-,13+/m0/s1. The van der Waals surface area contributed by atoms with Gasteiger partial charge in [0.1, 0.15) is 0 Å². The van der Waals surface area contributed by atoms with Crippen LogP contribution in [0, 0.1) is 0 Å². The number of hydrogen-bond acceptors (Lipinski definition) is 6. The maximum Gasteiger partial charge on any atom is 0.222 e. The minimum atomic E-state index is -0.386. The van der Waals surface area contributed by atoms with Gasteiger partial charge in [-0.1, -0.05) is 11.6 Å². The Hall–Kier alpha value is -0.950. The minimum absolute atomic E-state index is 0.0596. The summed E-state index contributed by atoms with van der Waals surface area (Å²) in [4.78, 5) is 10.6. The lowest BCUT2D eigenvalue weighted by Crippen LogP contribution is -2.64. The third-order valence-electron chi connectivity index (χ3n) is 4.16. The van der Waals surface area contributed by atoms with Gasteiger partial charge in [0.15, 0.2) is 0 Å². The minimum Gasteiger partial charge on any atom is -0.394 e. The van der Waals surface area contributed by atoms with Crippen molar-refractivity contribution in [2.75, 3.05) is 38.2 Å². The molecule has 0 saturated carbocycles. The number of aromatic nitrogens is 2. The molecule has 0 aliphatic carbocycles. The summed E-state index contributed by atoms with van der Waals surface area (Å²) in [6, 6.07) is 0.420. The molecule has 0 bridgehead atoms. The Labute approximate surface area is 123 Å². The first-order chi connectivity index (χ1) is 9.73. The van der Waals surface area contributed by atoms with E-state index in [9.17, 15) is 5.11 Å². The van der Waals surface area contributed by atoms with Gasteiger partial charge in [-0.2, -0.15) is 0 Å². The van der Waals surface area contributed by atoms with E-state index in [2.05, 4.69) is 20.2 Å². The van der Waals surface area contributed by atoms with Crippen molar-refractivity contribution in [1.29, 1.82) is 0 Å². The maximum absolute atomic E-state index is 9.89. The van der Waals surface area contributed by atoms with Crippen LogP contribution in [0.1, 0.15) is 12.8 Å². The second-order valence-corrected chi connectivity index (χ2v) is 5.90. The normalized spacial score (nSPS) is 30.2. The van der Waals surface area contributed by atoms with E-state index in [0.717, 1.165) is 26.0 Å². The van der Waals surface area contributed by atoms with E-state index < -0.39 is 0 Å². The van der Waals surface area contributed by atoms with Crippen molar-refractivity contribution >= 4 is 17.5 Å². The highest BCUT2D eigenvalue weighted by molar-refractivity contribution is 6.30. The predicted molar refractivity (Wildman–Crippen MR) is 75.9 cm³/mol. The van der Waals surface area contributed by atoms with E-state index >= 15 is 0 Å². The first-order valence-corrected chi connectivity index (χ1v) is 7.28. The van der Waals surface area contributed by atoms with Crippen LogP contribution < -0.4 is 5.32 Å². The molecule has 0 amide bonds. The van der Waals surface area contributed by atoms with Crippen LogP contribution in [-0.4, -0.2) is 64.5 Å². The number of hydrogen-bond donors (Lipinski definition) is 2. The first kappa shape index (κ1) is 14.0. The number of rotatable bonds is 4. The van der Waals surface area contributed by atoms with E-state index in [1.807, 2.05) is 0 Å². The summed E-state index contributed by atoms with van der Waals surface area (Å²) < 4.78 is 5.69. The first-order valence-electron chi connectivity index (χ1n) is 6.90. The van der Waals surface area contributed by atoms with E-state index in [-0.39, 0.29) is 12.1 Å². The highest BCUT2D eigenvalue weighted by Gasteiger charge is 2.45. The number of morpholine rings is 1. The van der Waals surface area contributed by atoms with Gasteiger partial charge >= 0.3 is 0 Å². The molecule has 2 saturated heterocycles. The zero-order chi connectivity index (χ0) is 14.0. The summed E-state index contributed by atoms with van der Waals surface area (Å²) in [6.07, 6.45) is 5.41. The molecule has 2 aliphatic heterocycles. The van der Waals surface area contributed by atoms with E-state index in [4.69, 9.17) is 16.3 Å². The number of anilines is 1. The fraction of sp³-hybridized carbons (Fsp3) is 0.692. The lowest BCUT2D eigenvalue weighted by molar-refractivity contribution is -0.101. The molecule has 110 valence electrons. The third-order valence-corrected chi connectivity index (χ3v) is 4.35. The van der Waals surface area contributed by atoms with Crippen LogP contribution in [0.4, 0.5) is 5.95 Å². The van der Waals surface area contributed by atoms with Gasteiger partial charge in [0.05, 0.1) is 42.8 Å². The average molecular weight is 299 g/mol. The zero-order valence-electron chi connectivity index (χ0n) is 11.3. The van der Waals surface area contributed by atoms with E-state index in [1.54, 1.807) is 12.4 Å². The van der Waals surface area contributed by atoms with Gasteiger partial charge in [-0.05, 0) is 19.4 Å². The summed E-state index contributed by atoms with van der Waals surface area (Å²) in [7, 11) is 0. The predicted octanol–water partition coefficient (Wildman–Crippen LogP) is 0.768. The molecule has 6 nitrogen and oxygen atoms in total. The molecule has 1 aromatic rings. The lowest BCUT2D eigenvalue weighted by Gasteiger charge is -2.47. The summed E-state index contributed by atoms with van der Waals surface area (Å²) in [5.41, 5.74) is -0.386. The molecule has 1 aromatic heterocycles. The average Bonchev–Trinajstić information content (AvgIpc) is 2.96. The Bertz CT molecular complexity index is 458. The number of nitrogens with zero attached hydrogens (tertiary/aromatic N) is 3.